The molecule has 0 fully saturated rings. The van der Waals surface area contributed by atoms with Crippen molar-refractivity contribution in [3.8, 4) is 5.75 Å². The van der Waals surface area contributed by atoms with Gasteiger partial charge in [-0.1, -0.05) is 30.3 Å². The number of hydrogen-bond donors (Lipinski definition) is 0. The van der Waals surface area contributed by atoms with Crippen LogP contribution < -0.4 is 9.64 Å². The van der Waals surface area contributed by atoms with Crippen LogP contribution in [0.5, 0.6) is 5.75 Å². The van der Waals surface area contributed by atoms with E-state index < -0.39 is 0 Å². The number of anilines is 1. The Bertz CT molecular complexity index is 579. The van der Waals surface area contributed by atoms with Gasteiger partial charge < -0.3 is 9.64 Å². The highest BCUT2D eigenvalue weighted by molar-refractivity contribution is 5.59. The topological polar surface area (TPSA) is 12.5 Å². The van der Waals surface area contributed by atoms with Gasteiger partial charge in [-0.25, -0.2) is 0 Å². The van der Waals surface area contributed by atoms with Crippen LogP contribution in [0.15, 0.2) is 48.5 Å². The summed E-state index contributed by atoms with van der Waals surface area (Å²) in [7, 11) is 1.73. The summed E-state index contributed by atoms with van der Waals surface area (Å²) < 4.78 is 5.34. The van der Waals surface area contributed by atoms with E-state index in [0.717, 1.165) is 18.7 Å². The highest BCUT2D eigenvalue weighted by atomic mass is 16.5. The van der Waals surface area contributed by atoms with Gasteiger partial charge in [-0.3, -0.25) is 0 Å². The number of methoxy groups -OCH3 is 1. The highest BCUT2D eigenvalue weighted by Gasteiger charge is 2.23. The van der Waals surface area contributed by atoms with E-state index in [1.807, 2.05) is 0 Å². The number of fused-ring (bicyclic) bond motifs is 1. The van der Waals surface area contributed by atoms with E-state index in [9.17, 15) is 0 Å². The first-order valence-electron chi connectivity index (χ1n) is 7.25. The van der Waals surface area contributed by atoms with Crippen LogP contribution in [0.4, 0.5) is 5.69 Å². The van der Waals surface area contributed by atoms with Gasteiger partial charge in [0.25, 0.3) is 0 Å². The molecule has 20 heavy (non-hydrogen) atoms. The second-order valence-corrected chi connectivity index (χ2v) is 5.50. The van der Waals surface area contributed by atoms with Crippen LogP contribution in [0.3, 0.4) is 0 Å². The van der Waals surface area contributed by atoms with Crippen LogP contribution in [0, 0.1) is 0 Å². The van der Waals surface area contributed by atoms with Crippen molar-refractivity contribution in [2.45, 2.75) is 32.4 Å². The number of benzene rings is 2. The molecule has 0 saturated heterocycles. The Morgan fingerprint density at radius 1 is 1.15 bits per heavy atom. The lowest BCUT2D eigenvalue weighted by atomic mass is 9.95. The molecule has 0 radical (unpaired) electrons. The molecule has 2 heteroatoms. The third-order valence-corrected chi connectivity index (χ3v) is 4.16. The van der Waals surface area contributed by atoms with Crippen molar-refractivity contribution in [2.75, 3.05) is 12.0 Å². The summed E-state index contributed by atoms with van der Waals surface area (Å²) in [6, 6.07) is 17.7. The molecule has 0 aromatic heterocycles. The lowest BCUT2D eigenvalue weighted by Gasteiger charge is -2.37. The minimum absolute atomic E-state index is 0.580. The molecule has 104 valence electrons. The molecule has 0 spiro atoms. The summed E-state index contributed by atoms with van der Waals surface area (Å²) in [5.41, 5.74) is 4.12. The van der Waals surface area contributed by atoms with Gasteiger partial charge in [0, 0.05) is 18.3 Å². The Kier molecular flexibility index (Phi) is 3.64. The first-order valence-corrected chi connectivity index (χ1v) is 7.25. The van der Waals surface area contributed by atoms with Crippen LogP contribution in [-0.4, -0.2) is 13.2 Å². The van der Waals surface area contributed by atoms with Crippen molar-refractivity contribution in [2.24, 2.45) is 0 Å². The summed E-state index contributed by atoms with van der Waals surface area (Å²) >= 11 is 0. The fraction of sp³-hybridized carbons (Fsp3) is 0.333. The standard InChI is InChI=1S/C18H21NO/c1-14-8-9-16-12-17(20-2)10-11-18(16)19(14)13-15-6-4-3-5-7-15/h3-7,10-12,14H,8-9,13H2,1-2H3/t14-/m1/s1. The van der Waals surface area contributed by atoms with Gasteiger partial charge in [-0.15, -0.1) is 0 Å². The Labute approximate surface area is 121 Å². The Morgan fingerprint density at radius 2 is 1.95 bits per heavy atom. The average Bonchev–Trinajstić information content (AvgIpc) is 2.50. The zero-order valence-electron chi connectivity index (χ0n) is 12.2. The molecule has 1 atom stereocenters. The maximum atomic E-state index is 5.34. The summed E-state index contributed by atoms with van der Waals surface area (Å²) in [5.74, 6) is 0.956. The Balaban J connectivity index is 1.91. The van der Waals surface area contributed by atoms with Crippen LogP contribution in [0.25, 0.3) is 0 Å². The molecular weight excluding hydrogens is 246 g/mol. The van der Waals surface area contributed by atoms with Crippen molar-refractivity contribution < 1.29 is 4.74 Å². The lowest BCUT2D eigenvalue weighted by molar-refractivity contribution is 0.413. The highest BCUT2D eigenvalue weighted by Crippen LogP contribution is 2.34. The lowest BCUT2D eigenvalue weighted by Crippen LogP contribution is -2.36. The summed E-state index contributed by atoms with van der Waals surface area (Å²) in [4.78, 5) is 2.51. The van der Waals surface area contributed by atoms with E-state index in [4.69, 9.17) is 4.74 Å². The van der Waals surface area contributed by atoms with Gasteiger partial charge in [0.05, 0.1) is 7.11 Å². The third kappa shape index (κ3) is 2.51. The van der Waals surface area contributed by atoms with Crippen molar-refractivity contribution in [1.82, 2.24) is 0 Å². The van der Waals surface area contributed by atoms with E-state index >= 15 is 0 Å². The summed E-state index contributed by atoms with van der Waals surface area (Å²) in [5, 5.41) is 0. The Hall–Kier alpha value is -1.96. The van der Waals surface area contributed by atoms with E-state index in [-0.39, 0.29) is 0 Å². The zero-order valence-corrected chi connectivity index (χ0v) is 12.2. The van der Waals surface area contributed by atoms with Gasteiger partial charge in [-0.2, -0.15) is 0 Å². The minimum atomic E-state index is 0.580. The molecule has 3 rings (SSSR count). The first-order chi connectivity index (χ1) is 9.78. The smallest absolute Gasteiger partial charge is 0.119 e. The maximum absolute atomic E-state index is 5.34. The largest absolute Gasteiger partial charge is 0.497 e. The molecule has 2 nitrogen and oxygen atoms in total. The predicted octanol–water partition coefficient (Wildman–Crippen LogP) is 4.04. The van der Waals surface area contributed by atoms with Gasteiger partial charge in [0.1, 0.15) is 5.75 Å². The molecule has 2 aromatic rings. The van der Waals surface area contributed by atoms with Crippen LogP contribution >= 0.6 is 0 Å². The minimum Gasteiger partial charge on any atom is -0.497 e. The van der Waals surface area contributed by atoms with Crippen molar-refractivity contribution in [3.63, 3.8) is 0 Å². The average molecular weight is 267 g/mol. The molecule has 0 saturated carbocycles. The molecule has 0 N–H and O–H groups in total. The number of aryl methyl sites for hydroxylation is 1. The Morgan fingerprint density at radius 3 is 2.70 bits per heavy atom. The van der Waals surface area contributed by atoms with E-state index in [1.165, 1.54) is 23.2 Å². The van der Waals surface area contributed by atoms with Crippen LogP contribution in [-0.2, 0) is 13.0 Å². The quantitative estimate of drug-likeness (QED) is 0.832. The van der Waals surface area contributed by atoms with Gasteiger partial charge in [-0.05, 0) is 49.1 Å². The van der Waals surface area contributed by atoms with Gasteiger partial charge in [0.15, 0.2) is 0 Å². The second kappa shape index (κ2) is 5.58. The summed E-state index contributed by atoms with van der Waals surface area (Å²) in [6.45, 7) is 3.29. The van der Waals surface area contributed by atoms with Crippen molar-refractivity contribution in [3.05, 3.63) is 59.7 Å². The number of ether oxygens (including phenoxy) is 1. The molecule has 0 amide bonds. The van der Waals surface area contributed by atoms with E-state index in [1.54, 1.807) is 7.11 Å². The van der Waals surface area contributed by atoms with Crippen molar-refractivity contribution in [1.29, 1.82) is 0 Å². The van der Waals surface area contributed by atoms with Gasteiger partial charge in [0.2, 0.25) is 0 Å². The predicted molar refractivity (Wildman–Crippen MR) is 83.4 cm³/mol. The number of rotatable bonds is 3. The van der Waals surface area contributed by atoms with E-state index in [0.29, 0.717) is 6.04 Å². The normalized spacial score (nSPS) is 17.7. The second-order valence-electron chi connectivity index (χ2n) is 5.50. The third-order valence-electron chi connectivity index (χ3n) is 4.16. The molecule has 1 aliphatic heterocycles. The molecule has 0 bridgehead atoms. The molecule has 0 aliphatic carbocycles. The number of nitrogens with zero attached hydrogens (tertiary/aromatic N) is 1. The number of hydrogen-bond acceptors (Lipinski definition) is 2. The molecular formula is C18H21NO. The SMILES string of the molecule is COc1ccc2c(c1)CC[C@@H](C)N2Cc1ccccc1. The fourth-order valence-electron chi connectivity index (χ4n) is 2.95. The maximum Gasteiger partial charge on any atom is 0.119 e. The van der Waals surface area contributed by atoms with Crippen LogP contribution in [0.1, 0.15) is 24.5 Å². The summed E-state index contributed by atoms with van der Waals surface area (Å²) in [6.07, 6.45) is 2.34. The first kappa shape index (κ1) is 13.0. The van der Waals surface area contributed by atoms with E-state index in [2.05, 4.69) is 60.4 Å². The van der Waals surface area contributed by atoms with Crippen molar-refractivity contribution >= 4 is 5.69 Å². The monoisotopic (exact) mass is 267 g/mol. The molecule has 2 aromatic carbocycles. The fourth-order valence-corrected chi connectivity index (χ4v) is 2.95. The van der Waals surface area contributed by atoms with Gasteiger partial charge >= 0.3 is 0 Å². The van der Waals surface area contributed by atoms with Crippen LogP contribution in [0.2, 0.25) is 0 Å². The molecule has 1 heterocycles. The molecule has 0 unspecified atom stereocenters. The molecule has 1 aliphatic rings. The zero-order chi connectivity index (χ0) is 13.9.